The molecule has 0 aromatic carbocycles. The Balaban J connectivity index is 3.23. The van der Waals surface area contributed by atoms with E-state index in [0.717, 1.165) is 6.20 Å². The molecule has 0 unspecified atom stereocenters. The van der Waals surface area contributed by atoms with Gasteiger partial charge in [0.1, 0.15) is 17.4 Å². The van der Waals surface area contributed by atoms with Gasteiger partial charge in [0.15, 0.2) is 0 Å². The minimum atomic E-state index is -0.920. The Bertz CT molecular complexity index is 290. The van der Waals surface area contributed by atoms with Gasteiger partial charge in [-0.25, -0.2) is 9.37 Å². The highest BCUT2D eigenvalue weighted by atomic mass is 19.1. The zero-order valence-electron chi connectivity index (χ0n) is 4.81. The van der Waals surface area contributed by atoms with Crippen molar-refractivity contribution in [2.75, 3.05) is 0 Å². The first kappa shape index (κ1) is 6.62. The van der Waals surface area contributed by atoms with Crippen molar-refractivity contribution in [1.82, 2.24) is 4.98 Å². The third kappa shape index (κ3) is 1.08. The Labute approximate surface area is 55.7 Å². The Morgan fingerprint density at radius 3 is 2.70 bits per heavy atom. The first-order chi connectivity index (χ1) is 4.74. The van der Waals surface area contributed by atoms with Crippen LogP contribution in [0.3, 0.4) is 0 Å². The molecule has 50 valence electrons. The Kier molecular flexibility index (Phi) is 1.59. The van der Waals surface area contributed by atoms with Gasteiger partial charge in [0, 0.05) is 6.07 Å². The quantitative estimate of drug-likeness (QED) is 0.508. The van der Waals surface area contributed by atoms with Crippen LogP contribution in [0.4, 0.5) is 8.78 Å². The van der Waals surface area contributed by atoms with Gasteiger partial charge in [-0.05, 0) is 0 Å². The minimum absolute atomic E-state index is 0.249. The second-order valence-corrected chi connectivity index (χ2v) is 1.60. The lowest BCUT2D eigenvalue weighted by Crippen LogP contribution is -1.88. The van der Waals surface area contributed by atoms with Crippen LogP contribution in [0.5, 0.6) is 0 Å². The average molecular weight is 140 g/mol. The van der Waals surface area contributed by atoms with Crippen LogP contribution < -0.4 is 0 Å². The van der Waals surface area contributed by atoms with Crippen molar-refractivity contribution < 1.29 is 8.78 Å². The van der Waals surface area contributed by atoms with Crippen molar-refractivity contribution in [3.05, 3.63) is 29.6 Å². The van der Waals surface area contributed by atoms with E-state index >= 15 is 0 Å². The number of rotatable bonds is 0. The fraction of sp³-hybridized carbons (Fsp3) is 0. The van der Waals surface area contributed by atoms with Gasteiger partial charge in [0.05, 0.1) is 6.20 Å². The third-order valence-corrected chi connectivity index (χ3v) is 0.941. The van der Waals surface area contributed by atoms with Gasteiger partial charge in [-0.1, -0.05) is 0 Å². The number of halogens is 2. The number of aromatic nitrogens is 1. The molecule has 0 spiro atoms. The normalized spacial score (nSPS) is 8.90. The Morgan fingerprint density at radius 1 is 1.50 bits per heavy atom. The largest absolute Gasteiger partial charge is 0.227 e. The predicted molar refractivity (Wildman–Crippen MR) is 28.9 cm³/mol. The van der Waals surface area contributed by atoms with E-state index in [1.807, 2.05) is 0 Å². The first-order valence-corrected chi connectivity index (χ1v) is 2.45. The summed E-state index contributed by atoms with van der Waals surface area (Å²) >= 11 is 0. The van der Waals surface area contributed by atoms with E-state index in [-0.39, 0.29) is 5.56 Å². The van der Waals surface area contributed by atoms with Crippen LogP contribution in [0.2, 0.25) is 0 Å². The van der Waals surface area contributed by atoms with Crippen LogP contribution in [0, 0.1) is 23.1 Å². The molecular formula is C6H2F2N2. The zero-order valence-corrected chi connectivity index (χ0v) is 4.81. The molecule has 1 heterocycles. The number of nitriles is 1. The highest BCUT2D eigenvalue weighted by molar-refractivity contribution is 5.26. The maximum Gasteiger partial charge on any atom is 0.215 e. The summed E-state index contributed by atoms with van der Waals surface area (Å²) < 4.78 is 24.4. The lowest BCUT2D eigenvalue weighted by atomic mass is 10.3. The van der Waals surface area contributed by atoms with Gasteiger partial charge >= 0.3 is 0 Å². The minimum Gasteiger partial charge on any atom is -0.227 e. The summed E-state index contributed by atoms with van der Waals surface area (Å²) in [7, 11) is 0. The fourth-order valence-corrected chi connectivity index (χ4v) is 0.490. The van der Waals surface area contributed by atoms with Gasteiger partial charge in [-0.15, -0.1) is 0 Å². The highest BCUT2D eigenvalue weighted by Crippen LogP contribution is 2.03. The van der Waals surface area contributed by atoms with Crippen molar-refractivity contribution >= 4 is 0 Å². The molecular weight excluding hydrogens is 138 g/mol. The summed E-state index contributed by atoms with van der Waals surface area (Å²) in [5.41, 5.74) is -0.249. The van der Waals surface area contributed by atoms with Crippen LogP contribution in [-0.4, -0.2) is 4.98 Å². The van der Waals surface area contributed by atoms with E-state index < -0.39 is 11.8 Å². The van der Waals surface area contributed by atoms with Crippen LogP contribution >= 0.6 is 0 Å². The predicted octanol–water partition coefficient (Wildman–Crippen LogP) is 1.23. The second kappa shape index (κ2) is 2.40. The SMILES string of the molecule is N#Cc1cnc(F)cc1F. The molecule has 0 N–H and O–H groups in total. The van der Waals surface area contributed by atoms with Crippen molar-refractivity contribution in [3.8, 4) is 6.07 Å². The lowest BCUT2D eigenvalue weighted by Gasteiger charge is -1.89. The molecule has 1 rings (SSSR count). The van der Waals surface area contributed by atoms with Crippen LogP contribution in [0.25, 0.3) is 0 Å². The van der Waals surface area contributed by atoms with Crippen LogP contribution in [0.1, 0.15) is 5.56 Å². The number of nitrogens with zero attached hydrogens (tertiary/aromatic N) is 2. The number of hydrogen-bond donors (Lipinski definition) is 0. The van der Waals surface area contributed by atoms with E-state index in [1.54, 1.807) is 0 Å². The van der Waals surface area contributed by atoms with E-state index in [2.05, 4.69) is 4.98 Å². The molecule has 0 saturated carbocycles. The summed E-state index contributed by atoms with van der Waals surface area (Å²) in [5, 5.41) is 8.16. The molecule has 0 radical (unpaired) electrons. The standard InChI is InChI=1S/C6H2F2N2/c7-5-1-6(8)10-3-4(5)2-9/h1,3H. The van der Waals surface area contributed by atoms with Crippen molar-refractivity contribution in [2.24, 2.45) is 0 Å². The molecule has 1 aromatic rings. The third-order valence-electron chi connectivity index (χ3n) is 0.941. The van der Waals surface area contributed by atoms with Crippen molar-refractivity contribution in [3.63, 3.8) is 0 Å². The maximum absolute atomic E-state index is 12.3. The van der Waals surface area contributed by atoms with Crippen LogP contribution in [0.15, 0.2) is 12.3 Å². The smallest absolute Gasteiger partial charge is 0.215 e. The molecule has 2 nitrogen and oxygen atoms in total. The zero-order chi connectivity index (χ0) is 7.56. The van der Waals surface area contributed by atoms with Gasteiger partial charge in [-0.3, -0.25) is 0 Å². The molecule has 0 bridgehead atoms. The van der Waals surface area contributed by atoms with Gasteiger partial charge in [-0.2, -0.15) is 9.65 Å². The van der Waals surface area contributed by atoms with Gasteiger partial charge in [0.2, 0.25) is 5.95 Å². The number of hydrogen-bond acceptors (Lipinski definition) is 2. The fourth-order valence-electron chi connectivity index (χ4n) is 0.490. The molecule has 4 heteroatoms. The molecule has 0 fully saturated rings. The first-order valence-electron chi connectivity index (χ1n) is 2.45. The molecule has 0 saturated heterocycles. The van der Waals surface area contributed by atoms with Crippen molar-refractivity contribution in [2.45, 2.75) is 0 Å². The maximum atomic E-state index is 12.3. The Hall–Kier alpha value is -1.50. The molecule has 1 aromatic heterocycles. The van der Waals surface area contributed by atoms with Gasteiger partial charge in [0.25, 0.3) is 0 Å². The molecule has 10 heavy (non-hydrogen) atoms. The van der Waals surface area contributed by atoms with Crippen LogP contribution in [-0.2, 0) is 0 Å². The van der Waals surface area contributed by atoms with E-state index in [9.17, 15) is 8.78 Å². The lowest BCUT2D eigenvalue weighted by molar-refractivity contribution is 0.550. The monoisotopic (exact) mass is 140 g/mol. The van der Waals surface area contributed by atoms with E-state index in [1.165, 1.54) is 6.07 Å². The topological polar surface area (TPSA) is 36.7 Å². The molecule has 0 aliphatic rings. The number of pyridine rings is 1. The highest BCUT2D eigenvalue weighted by Gasteiger charge is 2.01. The summed E-state index contributed by atoms with van der Waals surface area (Å²) in [6, 6.07) is 2.09. The van der Waals surface area contributed by atoms with E-state index in [4.69, 9.17) is 5.26 Å². The molecule has 0 aliphatic heterocycles. The average Bonchev–Trinajstić information content (AvgIpc) is 1.88. The molecule has 0 amide bonds. The summed E-state index contributed by atoms with van der Waals surface area (Å²) in [6.07, 6.45) is 0.852. The molecule has 0 aliphatic carbocycles. The summed E-state index contributed by atoms with van der Waals surface area (Å²) in [6.45, 7) is 0. The van der Waals surface area contributed by atoms with E-state index in [0.29, 0.717) is 6.07 Å². The molecule has 0 atom stereocenters. The van der Waals surface area contributed by atoms with Crippen molar-refractivity contribution in [1.29, 1.82) is 5.26 Å². The van der Waals surface area contributed by atoms with Gasteiger partial charge < -0.3 is 0 Å². The summed E-state index contributed by atoms with van der Waals surface area (Å²) in [4.78, 5) is 3.08. The summed E-state index contributed by atoms with van der Waals surface area (Å²) in [5.74, 6) is -1.80. The second-order valence-electron chi connectivity index (χ2n) is 1.60. The Morgan fingerprint density at radius 2 is 2.20 bits per heavy atom.